The lowest BCUT2D eigenvalue weighted by Crippen LogP contribution is -2.45. The third-order valence-corrected chi connectivity index (χ3v) is 4.28. The quantitative estimate of drug-likeness (QED) is 0.821. The van der Waals surface area contributed by atoms with Crippen molar-refractivity contribution in [1.82, 2.24) is 0 Å². The third-order valence-electron chi connectivity index (χ3n) is 4.28. The Kier molecular flexibility index (Phi) is 4.45. The molecule has 0 aromatic carbocycles. The van der Waals surface area contributed by atoms with Crippen molar-refractivity contribution in [3.05, 3.63) is 0 Å². The Morgan fingerprint density at radius 2 is 2.12 bits per heavy atom. The molecule has 3 atom stereocenters. The zero-order chi connectivity index (χ0) is 12.3. The SMILES string of the molecule is CC(C)CCC(N)C1CCOC2(CCOC2)C1. The molecule has 2 fully saturated rings. The summed E-state index contributed by atoms with van der Waals surface area (Å²) in [7, 11) is 0. The summed E-state index contributed by atoms with van der Waals surface area (Å²) in [5, 5.41) is 0. The highest BCUT2D eigenvalue weighted by atomic mass is 16.6. The zero-order valence-electron chi connectivity index (χ0n) is 11.3. The number of hydrogen-bond donors (Lipinski definition) is 1. The van der Waals surface area contributed by atoms with E-state index in [-0.39, 0.29) is 5.60 Å². The molecule has 2 aliphatic heterocycles. The van der Waals surface area contributed by atoms with Gasteiger partial charge in [-0.25, -0.2) is 0 Å². The van der Waals surface area contributed by atoms with Crippen molar-refractivity contribution in [2.45, 2.75) is 57.6 Å². The highest BCUT2D eigenvalue weighted by Gasteiger charge is 2.42. The Hall–Kier alpha value is -0.120. The summed E-state index contributed by atoms with van der Waals surface area (Å²) in [4.78, 5) is 0. The monoisotopic (exact) mass is 241 g/mol. The molecule has 0 amide bonds. The van der Waals surface area contributed by atoms with Gasteiger partial charge in [0.05, 0.1) is 12.2 Å². The summed E-state index contributed by atoms with van der Waals surface area (Å²) < 4.78 is 11.5. The maximum absolute atomic E-state index is 6.35. The van der Waals surface area contributed by atoms with Gasteiger partial charge in [-0.1, -0.05) is 13.8 Å². The molecule has 2 heterocycles. The highest BCUT2D eigenvalue weighted by molar-refractivity contribution is 4.93. The molecule has 1 spiro atoms. The largest absolute Gasteiger partial charge is 0.378 e. The highest BCUT2D eigenvalue weighted by Crippen LogP contribution is 2.37. The van der Waals surface area contributed by atoms with E-state index in [4.69, 9.17) is 15.2 Å². The molecule has 0 saturated carbocycles. The normalized spacial score (nSPS) is 35.6. The third kappa shape index (κ3) is 3.43. The van der Waals surface area contributed by atoms with Crippen molar-refractivity contribution in [3.63, 3.8) is 0 Å². The molecule has 0 radical (unpaired) electrons. The van der Waals surface area contributed by atoms with Gasteiger partial charge in [-0.2, -0.15) is 0 Å². The maximum Gasteiger partial charge on any atom is 0.0939 e. The Labute approximate surface area is 105 Å². The first-order chi connectivity index (χ1) is 8.11. The lowest BCUT2D eigenvalue weighted by molar-refractivity contribution is -0.101. The van der Waals surface area contributed by atoms with Crippen LogP contribution in [0.25, 0.3) is 0 Å². The molecule has 17 heavy (non-hydrogen) atoms. The molecular formula is C14H27NO2. The van der Waals surface area contributed by atoms with Crippen LogP contribution in [0.15, 0.2) is 0 Å². The van der Waals surface area contributed by atoms with E-state index in [1.807, 2.05) is 0 Å². The van der Waals surface area contributed by atoms with Gasteiger partial charge in [0, 0.05) is 25.7 Å². The van der Waals surface area contributed by atoms with Crippen LogP contribution in [0, 0.1) is 11.8 Å². The van der Waals surface area contributed by atoms with Crippen molar-refractivity contribution in [2.24, 2.45) is 17.6 Å². The van der Waals surface area contributed by atoms with Crippen LogP contribution in [-0.4, -0.2) is 31.5 Å². The predicted octanol–water partition coefficient (Wildman–Crippen LogP) is 2.34. The molecule has 0 bridgehead atoms. The summed E-state index contributed by atoms with van der Waals surface area (Å²) in [6.07, 6.45) is 5.68. The van der Waals surface area contributed by atoms with E-state index >= 15 is 0 Å². The second kappa shape index (κ2) is 5.68. The van der Waals surface area contributed by atoms with Crippen LogP contribution in [0.3, 0.4) is 0 Å². The van der Waals surface area contributed by atoms with Crippen LogP contribution < -0.4 is 5.73 Å². The number of nitrogens with two attached hydrogens (primary N) is 1. The second-order valence-corrected chi connectivity index (χ2v) is 6.22. The van der Waals surface area contributed by atoms with Gasteiger partial charge >= 0.3 is 0 Å². The summed E-state index contributed by atoms with van der Waals surface area (Å²) in [5.41, 5.74) is 6.36. The minimum absolute atomic E-state index is 0.0123. The Bertz CT molecular complexity index is 236. The minimum Gasteiger partial charge on any atom is -0.378 e. The minimum atomic E-state index is 0.0123. The number of ether oxygens (including phenoxy) is 2. The molecule has 100 valence electrons. The summed E-state index contributed by atoms with van der Waals surface area (Å²) in [6, 6.07) is 0.346. The Morgan fingerprint density at radius 1 is 1.29 bits per heavy atom. The van der Waals surface area contributed by atoms with Crippen molar-refractivity contribution >= 4 is 0 Å². The van der Waals surface area contributed by atoms with Gasteiger partial charge in [0.15, 0.2) is 0 Å². The molecule has 0 aromatic rings. The molecule has 3 heteroatoms. The average molecular weight is 241 g/mol. The van der Waals surface area contributed by atoms with Gasteiger partial charge in [-0.05, 0) is 37.5 Å². The molecular weight excluding hydrogens is 214 g/mol. The van der Waals surface area contributed by atoms with Gasteiger partial charge in [0.25, 0.3) is 0 Å². The summed E-state index contributed by atoms with van der Waals surface area (Å²) in [6.45, 7) is 7.03. The van der Waals surface area contributed by atoms with E-state index in [1.165, 1.54) is 6.42 Å². The first-order valence-electron chi connectivity index (χ1n) is 7.09. The van der Waals surface area contributed by atoms with E-state index in [0.29, 0.717) is 12.0 Å². The molecule has 2 rings (SSSR count). The average Bonchev–Trinajstić information content (AvgIpc) is 2.74. The van der Waals surface area contributed by atoms with Crippen LogP contribution in [0.5, 0.6) is 0 Å². The fraction of sp³-hybridized carbons (Fsp3) is 1.00. The molecule has 2 saturated heterocycles. The lowest BCUT2D eigenvalue weighted by Gasteiger charge is -2.39. The maximum atomic E-state index is 6.35. The topological polar surface area (TPSA) is 44.5 Å². The van der Waals surface area contributed by atoms with Gasteiger partial charge in [-0.3, -0.25) is 0 Å². The summed E-state index contributed by atoms with van der Waals surface area (Å²) >= 11 is 0. The van der Waals surface area contributed by atoms with E-state index in [0.717, 1.165) is 51.4 Å². The molecule has 3 nitrogen and oxygen atoms in total. The number of hydrogen-bond acceptors (Lipinski definition) is 3. The van der Waals surface area contributed by atoms with Crippen LogP contribution in [-0.2, 0) is 9.47 Å². The van der Waals surface area contributed by atoms with Gasteiger partial charge in [0.2, 0.25) is 0 Å². The van der Waals surface area contributed by atoms with Crippen molar-refractivity contribution in [3.8, 4) is 0 Å². The van der Waals surface area contributed by atoms with Crippen LogP contribution in [0.1, 0.15) is 46.0 Å². The molecule has 0 aromatic heterocycles. The van der Waals surface area contributed by atoms with Crippen molar-refractivity contribution in [2.75, 3.05) is 19.8 Å². The molecule has 3 unspecified atom stereocenters. The Balaban J connectivity index is 1.84. The van der Waals surface area contributed by atoms with E-state index < -0.39 is 0 Å². The van der Waals surface area contributed by atoms with E-state index in [1.54, 1.807) is 0 Å². The standard InChI is InChI=1S/C14H27NO2/c1-11(2)3-4-13(15)12-5-7-17-14(9-12)6-8-16-10-14/h11-13H,3-10,15H2,1-2H3. The lowest BCUT2D eigenvalue weighted by atomic mass is 9.79. The van der Waals surface area contributed by atoms with Gasteiger partial charge < -0.3 is 15.2 Å². The molecule has 2 N–H and O–H groups in total. The van der Waals surface area contributed by atoms with Crippen molar-refractivity contribution in [1.29, 1.82) is 0 Å². The van der Waals surface area contributed by atoms with Crippen molar-refractivity contribution < 1.29 is 9.47 Å². The summed E-state index contributed by atoms with van der Waals surface area (Å²) in [5.74, 6) is 1.38. The van der Waals surface area contributed by atoms with Crippen LogP contribution in [0.2, 0.25) is 0 Å². The molecule has 0 aliphatic carbocycles. The molecule has 2 aliphatic rings. The van der Waals surface area contributed by atoms with Gasteiger partial charge in [-0.15, -0.1) is 0 Å². The fourth-order valence-corrected chi connectivity index (χ4v) is 3.06. The first-order valence-corrected chi connectivity index (χ1v) is 7.09. The van der Waals surface area contributed by atoms with E-state index in [9.17, 15) is 0 Å². The Morgan fingerprint density at radius 3 is 2.76 bits per heavy atom. The smallest absolute Gasteiger partial charge is 0.0939 e. The predicted molar refractivity (Wildman–Crippen MR) is 68.9 cm³/mol. The van der Waals surface area contributed by atoms with Gasteiger partial charge in [0.1, 0.15) is 0 Å². The zero-order valence-corrected chi connectivity index (χ0v) is 11.3. The second-order valence-electron chi connectivity index (χ2n) is 6.22. The van der Waals surface area contributed by atoms with Crippen LogP contribution >= 0.6 is 0 Å². The first kappa shape index (κ1) is 13.3. The van der Waals surface area contributed by atoms with Crippen LogP contribution in [0.4, 0.5) is 0 Å². The number of rotatable bonds is 4. The fourth-order valence-electron chi connectivity index (χ4n) is 3.06. The van der Waals surface area contributed by atoms with E-state index in [2.05, 4.69) is 13.8 Å².